The number of rotatable bonds is 7. The Hall–Kier alpha value is -1.83. The molecule has 1 atom stereocenters. The zero-order chi connectivity index (χ0) is 17.5. The number of benzene rings is 1. The van der Waals surface area contributed by atoms with E-state index in [-0.39, 0.29) is 42.4 Å². The minimum atomic E-state index is -0.331. The molecule has 0 saturated heterocycles. The van der Waals surface area contributed by atoms with Crippen molar-refractivity contribution in [1.82, 2.24) is 5.32 Å². The molecular formula is C17H21BrClN3O3. The summed E-state index contributed by atoms with van der Waals surface area (Å²) >= 11 is 3.15. The van der Waals surface area contributed by atoms with Crippen molar-refractivity contribution in [1.29, 1.82) is 0 Å². The van der Waals surface area contributed by atoms with E-state index in [9.17, 15) is 9.59 Å². The molecule has 0 saturated carbocycles. The Morgan fingerprint density at radius 3 is 2.44 bits per heavy atom. The fourth-order valence-corrected chi connectivity index (χ4v) is 2.33. The summed E-state index contributed by atoms with van der Waals surface area (Å²) in [4.78, 5) is 23.8. The standard InChI is InChI=1S/C17H20BrN3O3.ClH/c1-11(19)8-9-20-16(22)10-12-2-4-13(5-3-12)21-17(23)14-6-7-15(18)24-14;/h2-7,11H,8-10,19H2,1H3,(H,20,22)(H,21,23);1H. The lowest BCUT2D eigenvalue weighted by atomic mass is 10.1. The van der Waals surface area contributed by atoms with Crippen molar-refractivity contribution in [2.75, 3.05) is 11.9 Å². The molecule has 1 aromatic carbocycles. The first kappa shape index (κ1) is 21.2. The largest absolute Gasteiger partial charge is 0.444 e. The predicted octanol–water partition coefficient (Wildman–Crippen LogP) is 3.11. The van der Waals surface area contributed by atoms with E-state index in [0.717, 1.165) is 12.0 Å². The molecule has 1 heterocycles. The Kier molecular flexibility index (Phi) is 8.68. The van der Waals surface area contributed by atoms with Crippen LogP contribution < -0.4 is 16.4 Å². The summed E-state index contributed by atoms with van der Waals surface area (Å²) in [7, 11) is 0. The molecule has 8 heteroatoms. The molecule has 1 aromatic heterocycles. The van der Waals surface area contributed by atoms with Crippen molar-refractivity contribution < 1.29 is 14.0 Å². The second-order valence-corrected chi connectivity index (χ2v) is 6.33. The fraction of sp³-hybridized carbons (Fsp3) is 0.294. The summed E-state index contributed by atoms with van der Waals surface area (Å²) in [5.41, 5.74) is 7.14. The van der Waals surface area contributed by atoms with Crippen LogP contribution >= 0.6 is 28.3 Å². The smallest absolute Gasteiger partial charge is 0.291 e. The van der Waals surface area contributed by atoms with Crippen LogP contribution in [0.25, 0.3) is 0 Å². The second-order valence-electron chi connectivity index (χ2n) is 5.55. The van der Waals surface area contributed by atoms with E-state index in [1.807, 2.05) is 6.92 Å². The van der Waals surface area contributed by atoms with Crippen LogP contribution in [0.3, 0.4) is 0 Å². The number of anilines is 1. The molecule has 2 aromatic rings. The average Bonchev–Trinajstić information content (AvgIpc) is 2.95. The Balaban J connectivity index is 0.00000312. The van der Waals surface area contributed by atoms with Gasteiger partial charge in [0.2, 0.25) is 5.91 Å². The Morgan fingerprint density at radius 1 is 1.20 bits per heavy atom. The van der Waals surface area contributed by atoms with Gasteiger partial charge in [0.25, 0.3) is 5.91 Å². The summed E-state index contributed by atoms with van der Waals surface area (Å²) in [6.07, 6.45) is 1.04. The third-order valence-corrected chi connectivity index (χ3v) is 3.72. The van der Waals surface area contributed by atoms with E-state index in [1.165, 1.54) is 0 Å². The fourth-order valence-electron chi connectivity index (χ4n) is 2.02. The van der Waals surface area contributed by atoms with Crippen molar-refractivity contribution >= 4 is 45.8 Å². The van der Waals surface area contributed by atoms with Gasteiger partial charge >= 0.3 is 0 Å². The summed E-state index contributed by atoms with van der Waals surface area (Å²) in [5.74, 6) is -0.158. The summed E-state index contributed by atoms with van der Waals surface area (Å²) in [6, 6.07) is 10.4. The van der Waals surface area contributed by atoms with Crippen molar-refractivity contribution in [2.45, 2.75) is 25.8 Å². The van der Waals surface area contributed by atoms with Gasteiger partial charge in [-0.05, 0) is 59.1 Å². The van der Waals surface area contributed by atoms with E-state index >= 15 is 0 Å². The molecule has 0 spiro atoms. The summed E-state index contributed by atoms with van der Waals surface area (Å²) in [6.45, 7) is 2.48. The first-order valence-corrected chi connectivity index (χ1v) is 8.41. The van der Waals surface area contributed by atoms with E-state index < -0.39 is 0 Å². The maximum Gasteiger partial charge on any atom is 0.291 e. The third kappa shape index (κ3) is 7.29. The number of nitrogens with two attached hydrogens (primary N) is 1. The predicted molar refractivity (Wildman–Crippen MR) is 103 cm³/mol. The highest BCUT2D eigenvalue weighted by molar-refractivity contribution is 9.10. The minimum Gasteiger partial charge on any atom is -0.444 e. The molecule has 0 radical (unpaired) electrons. The lowest BCUT2D eigenvalue weighted by Gasteiger charge is -2.08. The highest BCUT2D eigenvalue weighted by Gasteiger charge is 2.11. The number of hydrogen-bond donors (Lipinski definition) is 3. The molecule has 4 N–H and O–H groups in total. The SMILES string of the molecule is CC(N)CCNC(=O)Cc1ccc(NC(=O)c2ccc(Br)o2)cc1.Cl. The van der Waals surface area contributed by atoms with E-state index in [1.54, 1.807) is 36.4 Å². The molecule has 0 aliphatic heterocycles. The summed E-state index contributed by atoms with van der Waals surface area (Å²) in [5, 5.41) is 5.56. The molecule has 6 nitrogen and oxygen atoms in total. The van der Waals surface area contributed by atoms with Crippen LogP contribution in [0.5, 0.6) is 0 Å². The van der Waals surface area contributed by atoms with Crippen LogP contribution in [0, 0.1) is 0 Å². The number of hydrogen-bond acceptors (Lipinski definition) is 4. The third-order valence-electron chi connectivity index (χ3n) is 3.30. The molecule has 1 unspecified atom stereocenters. The van der Waals surface area contributed by atoms with Gasteiger partial charge in [0, 0.05) is 18.3 Å². The Labute approximate surface area is 161 Å². The van der Waals surface area contributed by atoms with Gasteiger partial charge in [0.1, 0.15) is 0 Å². The molecule has 136 valence electrons. The van der Waals surface area contributed by atoms with Crippen molar-refractivity contribution in [3.8, 4) is 0 Å². The van der Waals surface area contributed by atoms with Crippen LogP contribution in [0.4, 0.5) is 5.69 Å². The van der Waals surface area contributed by atoms with Crippen LogP contribution in [0.1, 0.15) is 29.5 Å². The van der Waals surface area contributed by atoms with Gasteiger partial charge < -0.3 is 20.8 Å². The van der Waals surface area contributed by atoms with Gasteiger partial charge in [-0.3, -0.25) is 9.59 Å². The lowest BCUT2D eigenvalue weighted by Crippen LogP contribution is -2.30. The van der Waals surface area contributed by atoms with Gasteiger partial charge in [0.05, 0.1) is 6.42 Å². The number of amides is 2. The minimum absolute atomic E-state index is 0. The lowest BCUT2D eigenvalue weighted by molar-refractivity contribution is -0.120. The highest BCUT2D eigenvalue weighted by atomic mass is 79.9. The molecular weight excluding hydrogens is 410 g/mol. The van der Waals surface area contributed by atoms with Crippen LogP contribution in [-0.4, -0.2) is 24.4 Å². The van der Waals surface area contributed by atoms with Gasteiger partial charge in [-0.2, -0.15) is 0 Å². The molecule has 2 amide bonds. The molecule has 25 heavy (non-hydrogen) atoms. The van der Waals surface area contributed by atoms with Gasteiger partial charge in [-0.25, -0.2) is 0 Å². The van der Waals surface area contributed by atoms with Crippen LogP contribution in [0.15, 0.2) is 45.5 Å². The van der Waals surface area contributed by atoms with E-state index in [0.29, 0.717) is 16.9 Å². The Bertz CT molecular complexity index is 701. The number of halogens is 2. The number of furan rings is 1. The normalized spacial score (nSPS) is 11.3. The van der Waals surface area contributed by atoms with Crippen LogP contribution in [-0.2, 0) is 11.2 Å². The number of nitrogens with one attached hydrogen (secondary N) is 2. The zero-order valence-electron chi connectivity index (χ0n) is 13.8. The van der Waals surface area contributed by atoms with Crippen molar-refractivity contribution in [3.63, 3.8) is 0 Å². The topological polar surface area (TPSA) is 97.4 Å². The molecule has 2 rings (SSSR count). The molecule has 0 aliphatic rings. The van der Waals surface area contributed by atoms with Gasteiger partial charge in [-0.15, -0.1) is 12.4 Å². The van der Waals surface area contributed by atoms with Crippen LogP contribution in [0.2, 0.25) is 0 Å². The highest BCUT2D eigenvalue weighted by Crippen LogP contribution is 2.16. The first-order chi connectivity index (χ1) is 11.4. The second kappa shape index (κ2) is 10.2. The first-order valence-electron chi connectivity index (χ1n) is 7.62. The number of carbonyl (C=O) groups is 2. The maximum atomic E-state index is 12.0. The Morgan fingerprint density at radius 2 is 1.88 bits per heavy atom. The number of carbonyl (C=O) groups excluding carboxylic acids is 2. The van der Waals surface area contributed by atoms with Gasteiger partial charge in [-0.1, -0.05) is 12.1 Å². The van der Waals surface area contributed by atoms with Crippen molar-refractivity contribution in [3.05, 3.63) is 52.4 Å². The van der Waals surface area contributed by atoms with Gasteiger partial charge in [0.15, 0.2) is 10.4 Å². The quantitative estimate of drug-likeness (QED) is 0.628. The molecule has 0 bridgehead atoms. The van der Waals surface area contributed by atoms with Crippen molar-refractivity contribution in [2.24, 2.45) is 5.73 Å². The van der Waals surface area contributed by atoms with E-state index in [4.69, 9.17) is 10.2 Å². The zero-order valence-corrected chi connectivity index (χ0v) is 16.2. The maximum absolute atomic E-state index is 12.0. The van der Waals surface area contributed by atoms with E-state index in [2.05, 4.69) is 26.6 Å². The molecule has 0 aliphatic carbocycles. The monoisotopic (exact) mass is 429 g/mol. The average molecular weight is 431 g/mol. The molecule has 0 fully saturated rings. The summed E-state index contributed by atoms with van der Waals surface area (Å²) < 4.78 is 5.69.